The Labute approximate surface area is 327 Å². The van der Waals surface area contributed by atoms with Gasteiger partial charge in [0.15, 0.2) is 23.3 Å². The number of carbonyl (C=O) groups is 1. The van der Waals surface area contributed by atoms with Crippen molar-refractivity contribution in [2.75, 3.05) is 13.2 Å². The monoisotopic (exact) mass is 757 g/mol. The summed E-state index contributed by atoms with van der Waals surface area (Å²) in [4.78, 5) is 51.1. The second-order valence-electron chi connectivity index (χ2n) is 15.9. The van der Waals surface area contributed by atoms with Gasteiger partial charge in [-0.1, -0.05) is 24.3 Å². The van der Waals surface area contributed by atoms with Gasteiger partial charge in [0, 0.05) is 32.8 Å². The van der Waals surface area contributed by atoms with Crippen molar-refractivity contribution in [3.05, 3.63) is 82.9 Å². The molecule has 8 bridgehead atoms. The molecule has 3 aliphatic rings. The minimum atomic E-state index is -0.691. The van der Waals surface area contributed by atoms with Crippen molar-refractivity contribution < 1.29 is 19.0 Å². The molecule has 1 atom stereocenters. The number of nitrogens with zero attached hydrogens (tertiary/aromatic N) is 6. The molecule has 7 aromatic rings. The lowest BCUT2D eigenvalue weighted by atomic mass is 10.0. The van der Waals surface area contributed by atoms with Crippen LogP contribution in [0.3, 0.4) is 0 Å². The van der Waals surface area contributed by atoms with Gasteiger partial charge in [-0.2, -0.15) is 0 Å². The molecule has 1 unspecified atom stereocenters. The zero-order valence-electron chi connectivity index (χ0n) is 32.6. The van der Waals surface area contributed by atoms with E-state index in [1.165, 1.54) is 0 Å². The third kappa shape index (κ3) is 5.88. The largest absolute Gasteiger partial charge is 0.491 e. The molecule has 6 heterocycles. The molecule has 10 rings (SSSR count). The zero-order valence-corrected chi connectivity index (χ0v) is 32.6. The summed E-state index contributed by atoms with van der Waals surface area (Å²) in [5.41, 5.74) is 9.24. The molecule has 1 amide bonds. The van der Waals surface area contributed by atoms with Gasteiger partial charge >= 0.3 is 6.09 Å². The summed E-state index contributed by atoms with van der Waals surface area (Å²) in [6.45, 7) is 14.0. The second kappa shape index (κ2) is 12.6. The van der Waals surface area contributed by atoms with Gasteiger partial charge in [-0.25, -0.2) is 34.7 Å². The highest BCUT2D eigenvalue weighted by Gasteiger charge is 2.28. The average Bonchev–Trinajstić information content (AvgIpc) is 3.88. The molecule has 13 heteroatoms. The summed E-state index contributed by atoms with van der Waals surface area (Å²) >= 11 is 0. The first-order valence-corrected chi connectivity index (χ1v) is 18.9. The van der Waals surface area contributed by atoms with Crippen molar-refractivity contribution in [1.29, 1.82) is 0 Å². The lowest BCUT2D eigenvalue weighted by molar-refractivity contribution is 0.0465. The first-order valence-electron chi connectivity index (χ1n) is 18.9. The Morgan fingerprint density at radius 3 is 1.79 bits per heavy atom. The van der Waals surface area contributed by atoms with E-state index in [1.54, 1.807) is 0 Å². The fraction of sp³-hybridized carbons (Fsp3) is 0.250. The Morgan fingerprint density at radius 1 is 0.632 bits per heavy atom. The van der Waals surface area contributed by atoms with E-state index < -0.39 is 17.7 Å². The van der Waals surface area contributed by atoms with Gasteiger partial charge in [0.2, 0.25) is 0 Å². The van der Waals surface area contributed by atoms with Crippen LogP contribution in [0.2, 0.25) is 0 Å². The second-order valence-corrected chi connectivity index (χ2v) is 15.9. The van der Waals surface area contributed by atoms with Gasteiger partial charge in [0.05, 0.1) is 10.9 Å². The van der Waals surface area contributed by atoms with Crippen molar-refractivity contribution >= 4 is 50.2 Å². The van der Waals surface area contributed by atoms with E-state index in [9.17, 15) is 4.79 Å². The number of nitrogens with one attached hydrogen (secondary N) is 3. The van der Waals surface area contributed by atoms with E-state index >= 15 is 0 Å². The van der Waals surface area contributed by atoms with Gasteiger partial charge in [-0.05, 0) is 107 Å². The average molecular weight is 758 g/mol. The van der Waals surface area contributed by atoms with Crippen molar-refractivity contribution in [2.45, 2.75) is 60.1 Å². The fourth-order valence-corrected chi connectivity index (χ4v) is 7.58. The minimum absolute atomic E-state index is 0.0771. The van der Waals surface area contributed by atoms with Gasteiger partial charge in [-0.3, -0.25) is 0 Å². The number of hydrogen-bond donors (Lipinski definition) is 3. The third-order valence-electron chi connectivity index (χ3n) is 10.6. The van der Waals surface area contributed by atoms with Crippen molar-refractivity contribution in [3.63, 3.8) is 0 Å². The molecule has 3 aromatic heterocycles. The summed E-state index contributed by atoms with van der Waals surface area (Å²) in [5.74, 6) is 2.98. The Balaban J connectivity index is 1.32. The summed E-state index contributed by atoms with van der Waals surface area (Å²) in [5, 5.41) is 6.24. The van der Waals surface area contributed by atoms with E-state index in [1.807, 2.05) is 57.2 Å². The summed E-state index contributed by atoms with van der Waals surface area (Å²) in [6.07, 6.45) is -0.575. The summed E-state index contributed by atoms with van der Waals surface area (Å²) in [7, 11) is 0. The molecule has 0 spiro atoms. The van der Waals surface area contributed by atoms with Gasteiger partial charge < -0.3 is 29.5 Å². The maximum absolute atomic E-state index is 13.1. The minimum Gasteiger partial charge on any atom is -0.491 e. The van der Waals surface area contributed by atoms with Crippen LogP contribution in [0.25, 0.3) is 89.7 Å². The molecule has 0 saturated carbocycles. The number of amides is 1. The smallest absolute Gasteiger partial charge is 0.408 e. The summed E-state index contributed by atoms with van der Waals surface area (Å²) in [6, 6.07) is 19.4. The van der Waals surface area contributed by atoms with E-state index in [2.05, 4.69) is 67.2 Å². The number of fused-ring (bicyclic) bond motifs is 14. The fourth-order valence-electron chi connectivity index (χ4n) is 7.58. The number of H-pyrrole nitrogens is 2. The normalized spacial score (nSPS) is 14.6. The lowest BCUT2D eigenvalue weighted by Crippen LogP contribution is -2.45. The number of aromatic nitrogens is 8. The molecule has 13 nitrogen and oxygen atoms in total. The number of aryl methyl sites for hydroxylation is 4. The molecular formula is C44H39N9O4. The van der Waals surface area contributed by atoms with Gasteiger partial charge in [-0.15, -0.1) is 0 Å². The van der Waals surface area contributed by atoms with Gasteiger partial charge in [0.1, 0.15) is 58.9 Å². The molecule has 57 heavy (non-hydrogen) atoms. The number of benzene rings is 4. The van der Waals surface area contributed by atoms with Crippen LogP contribution >= 0.6 is 0 Å². The quantitative estimate of drug-likeness (QED) is 0.147. The maximum atomic E-state index is 13.1. The predicted octanol–water partition coefficient (Wildman–Crippen LogP) is 8.77. The van der Waals surface area contributed by atoms with Crippen LogP contribution in [-0.4, -0.2) is 70.8 Å². The topological polar surface area (TPSA) is 166 Å². The highest BCUT2D eigenvalue weighted by atomic mass is 16.6. The standard InChI is InChI=1S/C44H39N9O4/c1-20-14-27-29(16-22(20)3)39-48-37(27)46-35-25-10-8-12-31-33(25)41(51-35)53-42-34-26(11-9-13-32(34)56-19-24(18-55-31)45-43(54)57-44(5,6)7)36(52-42)47-38-28-15-21(2)23(4)17-30(28)40(49-38)50-39/h8-17,24H,18-19H2,1-7H3,(H,45,54)(H2,46,47,48,49,50,51,52,53). The predicted molar refractivity (Wildman–Crippen MR) is 219 cm³/mol. The first kappa shape index (κ1) is 34.6. The van der Waals surface area contributed by atoms with E-state index in [-0.39, 0.29) is 13.2 Å². The van der Waals surface area contributed by atoms with Crippen LogP contribution in [0.15, 0.2) is 60.7 Å². The highest BCUT2D eigenvalue weighted by molar-refractivity contribution is 6.09. The summed E-state index contributed by atoms with van der Waals surface area (Å²) < 4.78 is 18.6. The molecule has 0 saturated heterocycles. The van der Waals surface area contributed by atoms with E-state index in [4.69, 9.17) is 44.1 Å². The first-order chi connectivity index (χ1) is 27.4. The Morgan fingerprint density at radius 2 is 1.14 bits per heavy atom. The number of aromatic amines is 2. The Kier molecular flexibility index (Phi) is 7.63. The molecule has 3 N–H and O–H groups in total. The lowest BCUT2D eigenvalue weighted by Gasteiger charge is -2.24. The van der Waals surface area contributed by atoms with E-state index in [0.29, 0.717) is 68.3 Å². The van der Waals surface area contributed by atoms with Crippen LogP contribution in [0.4, 0.5) is 4.79 Å². The van der Waals surface area contributed by atoms with Crippen LogP contribution in [0.5, 0.6) is 11.5 Å². The third-order valence-corrected chi connectivity index (χ3v) is 10.6. The van der Waals surface area contributed by atoms with Crippen LogP contribution in [0, 0.1) is 27.7 Å². The maximum Gasteiger partial charge on any atom is 0.408 e. The zero-order chi connectivity index (χ0) is 39.3. The van der Waals surface area contributed by atoms with E-state index in [0.717, 1.165) is 55.1 Å². The Hall–Kier alpha value is -6.89. The van der Waals surface area contributed by atoms with Crippen molar-refractivity contribution in [1.82, 2.24) is 45.2 Å². The molecule has 0 aliphatic carbocycles. The van der Waals surface area contributed by atoms with Crippen LogP contribution < -0.4 is 14.8 Å². The number of carbonyl (C=O) groups excluding carboxylic acids is 1. The Bertz CT molecular complexity index is 3050. The number of hydrogen-bond acceptors (Lipinski definition) is 10. The number of alkyl carbamates (subject to hydrolysis) is 1. The van der Waals surface area contributed by atoms with Crippen LogP contribution in [-0.2, 0) is 4.74 Å². The molecular weight excluding hydrogens is 719 g/mol. The number of ether oxygens (including phenoxy) is 3. The number of rotatable bonds is 1. The van der Waals surface area contributed by atoms with Crippen molar-refractivity contribution in [3.8, 4) is 57.1 Å². The van der Waals surface area contributed by atoms with Gasteiger partial charge in [0.25, 0.3) is 0 Å². The highest BCUT2D eigenvalue weighted by Crippen LogP contribution is 2.43. The molecule has 4 aromatic carbocycles. The molecule has 0 radical (unpaired) electrons. The van der Waals surface area contributed by atoms with Crippen molar-refractivity contribution in [2.24, 2.45) is 0 Å². The molecule has 3 aliphatic heterocycles. The molecule has 284 valence electrons. The molecule has 0 fully saturated rings. The SMILES string of the molecule is Cc1cc2c(cc1C)-c1nc-2nc2[nH]c(nc3nc4nc5[nH]c(n1)c1cccc(c51)OCC(NC(=O)OC(C)(C)C)COc1cccc-3c1-4)c1cc(C)c(C)cc21. The van der Waals surface area contributed by atoms with Crippen LogP contribution in [0.1, 0.15) is 43.0 Å².